The minimum absolute atomic E-state index is 0.558. The van der Waals surface area contributed by atoms with Gasteiger partial charge in [-0.15, -0.1) is 0 Å². The van der Waals surface area contributed by atoms with Gasteiger partial charge in [-0.05, 0) is 38.6 Å². The second kappa shape index (κ2) is 19.3. The molecule has 0 saturated carbocycles. The lowest BCUT2D eigenvalue weighted by molar-refractivity contribution is -0.134. The van der Waals surface area contributed by atoms with E-state index in [1.165, 1.54) is 0 Å². The van der Waals surface area contributed by atoms with Crippen molar-refractivity contribution in [1.29, 1.82) is 0 Å². The summed E-state index contributed by atoms with van der Waals surface area (Å²) in [4.78, 5) is 42.3. The van der Waals surface area contributed by atoms with Crippen molar-refractivity contribution in [2.45, 2.75) is 13.3 Å². The Morgan fingerprint density at radius 3 is 1.81 bits per heavy atom. The highest BCUT2D eigenvalue weighted by Gasteiger charge is 1.93. The Balaban J connectivity index is 0. The first-order valence-corrected chi connectivity index (χ1v) is 8.79. The third kappa shape index (κ3) is 24.0. The van der Waals surface area contributed by atoms with E-state index in [-0.39, 0.29) is 0 Å². The summed E-state index contributed by atoms with van der Waals surface area (Å²) in [6.45, 7) is 3.64. The molecule has 0 saturated heterocycles. The maximum Gasteiger partial charge on any atom is 0.328 e. The smallest absolute Gasteiger partial charge is 0.328 e. The average molecular weight is 438 g/mol. The molecule has 1 aromatic rings. The van der Waals surface area contributed by atoms with Crippen LogP contribution in [0.2, 0.25) is 0 Å². The summed E-state index contributed by atoms with van der Waals surface area (Å²) >= 11 is 0. The second-order valence-corrected chi connectivity index (χ2v) is 5.20. The van der Waals surface area contributed by atoms with Crippen LogP contribution >= 0.6 is 0 Å². The fourth-order valence-electron chi connectivity index (χ4n) is 1.50. The van der Waals surface area contributed by atoms with Gasteiger partial charge in [0.05, 0.1) is 12.8 Å². The molecular formula is C20H26N2O9. The number of carboxylic acids is 4. The van der Waals surface area contributed by atoms with Crippen molar-refractivity contribution in [2.75, 3.05) is 20.2 Å². The van der Waals surface area contributed by atoms with Gasteiger partial charge in [-0.2, -0.15) is 0 Å². The van der Waals surface area contributed by atoms with Gasteiger partial charge < -0.3 is 30.5 Å². The molecule has 11 heteroatoms. The second-order valence-electron chi connectivity index (χ2n) is 5.20. The molecule has 0 fully saturated rings. The quantitative estimate of drug-likeness (QED) is 0.264. The average Bonchev–Trinajstić information content (AvgIpc) is 2.70. The molecule has 11 nitrogen and oxygen atoms in total. The Kier molecular flexibility index (Phi) is 18.2. The van der Waals surface area contributed by atoms with Gasteiger partial charge in [0.15, 0.2) is 0 Å². The van der Waals surface area contributed by atoms with Crippen LogP contribution in [-0.4, -0.2) is 69.5 Å². The molecule has 1 heterocycles. The molecule has 31 heavy (non-hydrogen) atoms. The highest BCUT2D eigenvalue weighted by molar-refractivity contribution is 5.90. The zero-order chi connectivity index (χ0) is 24.1. The van der Waals surface area contributed by atoms with Crippen LogP contribution in [0.15, 0.2) is 48.8 Å². The number of carbonyl (C=O) groups is 4. The van der Waals surface area contributed by atoms with Crippen molar-refractivity contribution in [1.82, 2.24) is 10.3 Å². The van der Waals surface area contributed by atoms with Crippen LogP contribution in [-0.2, 0) is 19.2 Å². The van der Waals surface area contributed by atoms with Gasteiger partial charge in [-0.1, -0.05) is 12.2 Å². The first-order valence-electron chi connectivity index (χ1n) is 8.79. The van der Waals surface area contributed by atoms with Crippen molar-refractivity contribution >= 4 is 30.0 Å². The molecule has 0 radical (unpaired) electrons. The number of aliphatic carboxylic acids is 4. The molecule has 0 atom stereocenters. The molecule has 5 N–H and O–H groups in total. The van der Waals surface area contributed by atoms with Crippen LogP contribution in [0.4, 0.5) is 0 Å². The Morgan fingerprint density at radius 1 is 0.935 bits per heavy atom. The van der Waals surface area contributed by atoms with Crippen LogP contribution in [0.3, 0.4) is 0 Å². The number of ether oxygens (including phenoxy) is 1. The molecule has 1 aromatic heterocycles. The first kappa shape index (κ1) is 29.2. The van der Waals surface area contributed by atoms with Crippen molar-refractivity contribution in [3.05, 3.63) is 54.4 Å². The number of hydrogen-bond donors (Lipinski definition) is 5. The zero-order valence-corrected chi connectivity index (χ0v) is 17.1. The number of nitrogens with one attached hydrogen (secondary N) is 1. The largest absolute Gasteiger partial charge is 0.492 e. The molecular weight excluding hydrogens is 412 g/mol. The molecule has 0 bridgehead atoms. The summed E-state index contributed by atoms with van der Waals surface area (Å²) in [5, 5.41) is 34.3. The molecule has 0 unspecified atom stereocenters. The van der Waals surface area contributed by atoms with Crippen LogP contribution < -0.4 is 10.1 Å². The van der Waals surface area contributed by atoms with Gasteiger partial charge in [0.1, 0.15) is 5.75 Å². The summed E-state index contributed by atoms with van der Waals surface area (Å²) in [6.07, 6.45) is 11.0. The van der Waals surface area contributed by atoms with E-state index >= 15 is 0 Å². The lowest BCUT2D eigenvalue weighted by atomic mass is 10.2. The fourth-order valence-corrected chi connectivity index (χ4v) is 1.50. The van der Waals surface area contributed by atoms with Crippen LogP contribution in [0, 0.1) is 0 Å². The van der Waals surface area contributed by atoms with E-state index in [0.717, 1.165) is 24.3 Å². The summed E-state index contributed by atoms with van der Waals surface area (Å²) in [6, 6.07) is 1.99. The summed E-state index contributed by atoms with van der Waals surface area (Å²) < 4.78 is 5.37. The first-order chi connectivity index (χ1) is 14.6. The van der Waals surface area contributed by atoms with Gasteiger partial charge in [-0.3, -0.25) is 4.98 Å². The highest BCUT2D eigenvalue weighted by atomic mass is 16.5. The molecule has 0 spiro atoms. The van der Waals surface area contributed by atoms with E-state index < -0.39 is 23.9 Å². The molecule has 0 aliphatic rings. The predicted octanol–water partition coefficient (Wildman–Crippen LogP) is 1.53. The van der Waals surface area contributed by atoms with Crippen molar-refractivity contribution < 1.29 is 44.3 Å². The Bertz CT molecular complexity index is 721. The molecule has 0 amide bonds. The third-order valence-electron chi connectivity index (χ3n) is 2.65. The molecule has 0 aliphatic carbocycles. The van der Waals surface area contributed by atoms with Gasteiger partial charge in [0.2, 0.25) is 0 Å². The topological polar surface area (TPSA) is 183 Å². The number of pyridine rings is 1. The fraction of sp³-hybridized carbons (Fsp3) is 0.250. The predicted molar refractivity (Wildman–Crippen MR) is 112 cm³/mol. The molecule has 0 aliphatic heterocycles. The minimum Gasteiger partial charge on any atom is -0.492 e. The molecule has 0 aromatic carbocycles. The molecule has 170 valence electrons. The Hall–Kier alpha value is -3.99. The normalized spacial score (nSPS) is 10.1. The Morgan fingerprint density at radius 2 is 1.42 bits per heavy atom. The third-order valence-corrected chi connectivity index (χ3v) is 2.65. The number of carboxylic acid groups (broad SMARTS) is 4. The van der Waals surface area contributed by atoms with Crippen molar-refractivity contribution in [3.8, 4) is 5.75 Å². The van der Waals surface area contributed by atoms with E-state index in [4.69, 9.17) is 25.2 Å². The van der Waals surface area contributed by atoms with E-state index in [9.17, 15) is 19.2 Å². The van der Waals surface area contributed by atoms with Gasteiger partial charge in [-0.25, -0.2) is 19.2 Å². The van der Waals surface area contributed by atoms with Gasteiger partial charge in [0, 0.05) is 30.5 Å². The van der Waals surface area contributed by atoms with Crippen LogP contribution in [0.25, 0.3) is 6.08 Å². The lowest BCUT2D eigenvalue weighted by Crippen LogP contribution is -2.05. The minimum atomic E-state index is -1.26. The molecule has 1 rings (SSSR count). The van der Waals surface area contributed by atoms with Crippen molar-refractivity contribution in [3.63, 3.8) is 0 Å². The lowest BCUT2D eigenvalue weighted by Gasteiger charge is -2.02. The van der Waals surface area contributed by atoms with Gasteiger partial charge >= 0.3 is 23.9 Å². The van der Waals surface area contributed by atoms with E-state index in [1.807, 2.05) is 26.2 Å². The zero-order valence-electron chi connectivity index (χ0n) is 17.1. The number of hydrogen-bond acceptors (Lipinski definition) is 7. The van der Waals surface area contributed by atoms with E-state index in [2.05, 4.69) is 22.5 Å². The van der Waals surface area contributed by atoms with Crippen LogP contribution in [0.1, 0.15) is 18.9 Å². The van der Waals surface area contributed by atoms with Crippen molar-refractivity contribution in [2.24, 2.45) is 0 Å². The maximum atomic E-state index is 9.55. The van der Waals surface area contributed by atoms with E-state index in [1.54, 1.807) is 6.20 Å². The van der Waals surface area contributed by atoms with Gasteiger partial charge in [0.25, 0.3) is 0 Å². The monoisotopic (exact) mass is 438 g/mol. The van der Waals surface area contributed by atoms with Crippen LogP contribution in [0.5, 0.6) is 5.75 Å². The van der Waals surface area contributed by atoms with E-state index in [0.29, 0.717) is 30.9 Å². The number of rotatable bonds is 10. The maximum absolute atomic E-state index is 9.55. The summed E-state index contributed by atoms with van der Waals surface area (Å²) in [5.74, 6) is -4.20. The number of nitrogens with zero attached hydrogens (tertiary/aromatic N) is 1. The SMILES string of the molecule is CCOc1cncc(C=CCCNC)c1.O=C(O)C=CC(=O)O.O=C(O)C=CC(=O)O. The standard InChI is InChI=1S/C12H18N2O.2C4H4O4/c1-3-15-12-8-11(9-14-10-12)6-4-5-7-13-2;2*5-3(6)1-2-4(7)8/h4,6,8-10,13H,3,5,7H2,1-2H3;2*1-2H,(H,5,6)(H,7,8). The summed E-state index contributed by atoms with van der Waals surface area (Å²) in [5.41, 5.74) is 1.08. The highest BCUT2D eigenvalue weighted by Crippen LogP contribution is 2.12. The number of aromatic nitrogens is 1. The summed E-state index contributed by atoms with van der Waals surface area (Å²) in [7, 11) is 1.95. The Labute approximate surface area is 179 Å².